The average molecular weight is 256 g/mol. The van der Waals surface area contributed by atoms with Gasteiger partial charge in [0.25, 0.3) is 0 Å². The average Bonchev–Trinajstić information content (AvgIpc) is 2.36. The fourth-order valence-electron chi connectivity index (χ4n) is 2.28. The van der Waals surface area contributed by atoms with Gasteiger partial charge in [-0.25, -0.2) is 4.98 Å². The molecular weight excluding hydrogens is 236 g/mol. The predicted molar refractivity (Wildman–Crippen MR) is 78.8 cm³/mol. The van der Waals surface area contributed by atoms with E-state index in [2.05, 4.69) is 37.0 Å². The number of aryl methyl sites for hydroxylation is 2. The largest absolute Gasteiger partial charge is 0.389 e. The summed E-state index contributed by atoms with van der Waals surface area (Å²) in [5.41, 5.74) is 4.36. The topological polar surface area (TPSA) is 36.4 Å². The van der Waals surface area contributed by atoms with Gasteiger partial charge in [0.05, 0.1) is 6.10 Å². The number of aliphatic hydroxyl groups is 1. The lowest BCUT2D eigenvalue weighted by molar-refractivity contribution is 0.199. The van der Waals surface area contributed by atoms with Crippen molar-refractivity contribution in [3.05, 3.63) is 53.2 Å². The Morgan fingerprint density at radius 2 is 1.79 bits per heavy atom. The monoisotopic (exact) mass is 256 g/mol. The van der Waals surface area contributed by atoms with Crippen LogP contribution in [0.3, 0.4) is 0 Å². The molecule has 0 spiro atoms. The van der Waals surface area contributed by atoms with Crippen LogP contribution in [0.15, 0.2) is 36.5 Å². The molecule has 3 heteroatoms. The molecule has 0 saturated heterocycles. The lowest BCUT2D eigenvalue weighted by Gasteiger charge is -2.23. The number of aliphatic hydroxyl groups excluding tert-OH is 1. The maximum atomic E-state index is 9.84. The molecule has 0 bridgehead atoms. The summed E-state index contributed by atoms with van der Waals surface area (Å²) in [5, 5.41) is 9.84. The van der Waals surface area contributed by atoms with E-state index < -0.39 is 6.10 Å². The highest BCUT2D eigenvalue weighted by molar-refractivity contribution is 5.63. The van der Waals surface area contributed by atoms with E-state index in [1.54, 1.807) is 13.1 Å². The van der Waals surface area contributed by atoms with Gasteiger partial charge in [-0.3, -0.25) is 0 Å². The minimum absolute atomic E-state index is 0.531. The van der Waals surface area contributed by atoms with E-state index in [1.807, 2.05) is 24.1 Å². The van der Waals surface area contributed by atoms with Crippen molar-refractivity contribution in [1.82, 2.24) is 4.98 Å². The first-order chi connectivity index (χ1) is 8.99. The lowest BCUT2D eigenvalue weighted by Crippen LogP contribution is -2.14. The van der Waals surface area contributed by atoms with Crippen molar-refractivity contribution >= 4 is 11.5 Å². The summed E-state index contributed by atoms with van der Waals surface area (Å²) in [7, 11) is 1.97. The van der Waals surface area contributed by atoms with E-state index in [0.717, 1.165) is 17.1 Å². The zero-order valence-corrected chi connectivity index (χ0v) is 11.9. The van der Waals surface area contributed by atoms with E-state index >= 15 is 0 Å². The third-order valence-corrected chi connectivity index (χ3v) is 3.18. The van der Waals surface area contributed by atoms with E-state index in [9.17, 15) is 5.11 Å². The fraction of sp³-hybridized carbons (Fsp3) is 0.312. The van der Waals surface area contributed by atoms with Gasteiger partial charge in [-0.15, -0.1) is 0 Å². The predicted octanol–water partition coefficient (Wildman–Crippen LogP) is 3.52. The van der Waals surface area contributed by atoms with Gasteiger partial charge < -0.3 is 10.0 Å². The van der Waals surface area contributed by atoms with Crippen LogP contribution >= 0.6 is 0 Å². The van der Waals surface area contributed by atoms with Crippen LogP contribution in [-0.4, -0.2) is 17.1 Å². The Morgan fingerprint density at radius 1 is 1.16 bits per heavy atom. The van der Waals surface area contributed by atoms with Crippen LogP contribution in [0.1, 0.15) is 29.7 Å². The maximum Gasteiger partial charge on any atom is 0.138 e. The van der Waals surface area contributed by atoms with Crippen molar-refractivity contribution in [2.75, 3.05) is 11.9 Å². The van der Waals surface area contributed by atoms with E-state index in [0.29, 0.717) is 0 Å². The molecule has 2 aromatic rings. The highest BCUT2D eigenvalue weighted by Gasteiger charge is 2.14. The van der Waals surface area contributed by atoms with Gasteiger partial charge in [0.15, 0.2) is 0 Å². The Labute approximate surface area is 114 Å². The van der Waals surface area contributed by atoms with Gasteiger partial charge >= 0.3 is 0 Å². The third-order valence-electron chi connectivity index (χ3n) is 3.18. The molecule has 1 atom stereocenters. The quantitative estimate of drug-likeness (QED) is 0.912. The minimum Gasteiger partial charge on any atom is -0.389 e. The summed E-state index contributed by atoms with van der Waals surface area (Å²) in [5.74, 6) is 0.794. The second-order valence-corrected chi connectivity index (χ2v) is 5.00. The van der Waals surface area contributed by atoms with Crippen molar-refractivity contribution in [1.29, 1.82) is 0 Å². The van der Waals surface area contributed by atoms with E-state index in [1.165, 1.54) is 11.1 Å². The van der Waals surface area contributed by atoms with Crippen LogP contribution in [0.2, 0.25) is 0 Å². The third kappa shape index (κ3) is 2.93. The van der Waals surface area contributed by atoms with Crippen LogP contribution in [0.4, 0.5) is 11.5 Å². The Bertz CT molecular complexity index is 558. The normalized spacial score (nSPS) is 12.3. The van der Waals surface area contributed by atoms with Gasteiger partial charge in [0.1, 0.15) is 5.82 Å². The summed E-state index contributed by atoms with van der Waals surface area (Å²) >= 11 is 0. The zero-order valence-electron chi connectivity index (χ0n) is 11.9. The first-order valence-electron chi connectivity index (χ1n) is 6.44. The molecule has 100 valence electrons. The molecule has 0 aliphatic heterocycles. The molecule has 1 heterocycles. The SMILES string of the molecule is Cc1cc(C)cc(N(C)c2ncccc2[C@H](C)O)c1. The van der Waals surface area contributed by atoms with E-state index in [4.69, 9.17) is 0 Å². The second kappa shape index (κ2) is 5.41. The van der Waals surface area contributed by atoms with Gasteiger partial charge in [0.2, 0.25) is 0 Å². The van der Waals surface area contributed by atoms with E-state index in [-0.39, 0.29) is 0 Å². The number of hydrogen-bond donors (Lipinski definition) is 1. The molecule has 1 N–H and O–H groups in total. The Morgan fingerprint density at radius 3 is 2.37 bits per heavy atom. The van der Waals surface area contributed by atoms with Gasteiger partial charge in [0, 0.05) is 24.5 Å². The standard InChI is InChI=1S/C16H20N2O/c1-11-8-12(2)10-14(9-11)18(4)16-15(13(3)19)6-5-7-17-16/h5-10,13,19H,1-4H3/t13-/m0/s1. The molecule has 0 aliphatic carbocycles. The van der Waals surface area contributed by atoms with Gasteiger partial charge in [-0.2, -0.15) is 0 Å². The van der Waals surface area contributed by atoms with Crippen LogP contribution < -0.4 is 4.90 Å². The molecular formula is C16H20N2O. The number of anilines is 2. The van der Waals surface area contributed by atoms with Gasteiger partial charge in [-0.05, 0) is 50.1 Å². The van der Waals surface area contributed by atoms with Gasteiger partial charge in [-0.1, -0.05) is 12.1 Å². The summed E-state index contributed by atoms with van der Waals surface area (Å²) in [6.07, 6.45) is 1.22. The summed E-state index contributed by atoms with van der Waals surface area (Å²) in [4.78, 5) is 6.42. The Hall–Kier alpha value is -1.87. The molecule has 1 aromatic carbocycles. The molecule has 0 saturated carbocycles. The van der Waals surface area contributed by atoms with Crippen molar-refractivity contribution < 1.29 is 5.11 Å². The van der Waals surface area contributed by atoms with Crippen LogP contribution in [0, 0.1) is 13.8 Å². The number of nitrogens with zero attached hydrogens (tertiary/aromatic N) is 2. The zero-order chi connectivity index (χ0) is 14.0. The molecule has 0 fully saturated rings. The number of benzene rings is 1. The number of rotatable bonds is 3. The van der Waals surface area contributed by atoms with Crippen LogP contribution in [-0.2, 0) is 0 Å². The summed E-state index contributed by atoms with van der Waals surface area (Å²) < 4.78 is 0. The molecule has 2 rings (SSSR count). The van der Waals surface area contributed by atoms with Crippen molar-refractivity contribution in [3.8, 4) is 0 Å². The summed E-state index contributed by atoms with van der Waals surface area (Å²) in [6.45, 7) is 5.92. The first-order valence-corrected chi connectivity index (χ1v) is 6.44. The molecule has 0 unspecified atom stereocenters. The fourth-order valence-corrected chi connectivity index (χ4v) is 2.28. The van der Waals surface area contributed by atoms with Crippen LogP contribution in [0.5, 0.6) is 0 Å². The molecule has 0 radical (unpaired) electrons. The molecule has 0 amide bonds. The van der Waals surface area contributed by atoms with Crippen LogP contribution in [0.25, 0.3) is 0 Å². The molecule has 0 aliphatic rings. The van der Waals surface area contributed by atoms with Crippen molar-refractivity contribution in [2.24, 2.45) is 0 Å². The minimum atomic E-state index is -0.531. The van der Waals surface area contributed by atoms with Crippen molar-refractivity contribution in [3.63, 3.8) is 0 Å². The highest BCUT2D eigenvalue weighted by Crippen LogP contribution is 2.29. The first kappa shape index (κ1) is 13.6. The summed E-state index contributed by atoms with van der Waals surface area (Å²) in [6, 6.07) is 10.1. The Kier molecular flexibility index (Phi) is 3.86. The smallest absolute Gasteiger partial charge is 0.138 e. The molecule has 1 aromatic heterocycles. The number of pyridine rings is 1. The number of hydrogen-bond acceptors (Lipinski definition) is 3. The molecule has 3 nitrogen and oxygen atoms in total. The highest BCUT2D eigenvalue weighted by atomic mass is 16.3. The van der Waals surface area contributed by atoms with Crippen molar-refractivity contribution in [2.45, 2.75) is 26.9 Å². The maximum absolute atomic E-state index is 9.84. The lowest BCUT2D eigenvalue weighted by atomic mass is 10.1. The Balaban J connectivity index is 2.46. The second-order valence-electron chi connectivity index (χ2n) is 5.00. The number of aromatic nitrogens is 1. The molecule has 19 heavy (non-hydrogen) atoms.